The molecule has 0 saturated heterocycles. The number of alkyl halides is 3. The number of anilines is 2. The predicted octanol–water partition coefficient (Wildman–Crippen LogP) is 7.07. The van der Waals surface area contributed by atoms with Crippen molar-refractivity contribution in [2.24, 2.45) is 11.8 Å². The maximum Gasteiger partial charge on any atom is 0.389 e. The van der Waals surface area contributed by atoms with Crippen molar-refractivity contribution < 1.29 is 18.0 Å². The average molecular weight is 565 g/mol. The van der Waals surface area contributed by atoms with Crippen molar-refractivity contribution in [1.29, 1.82) is 0 Å². The summed E-state index contributed by atoms with van der Waals surface area (Å²) < 4.78 is 39.6. The summed E-state index contributed by atoms with van der Waals surface area (Å²) in [6.07, 6.45) is -4.97. The zero-order valence-electron chi connectivity index (χ0n) is 23.7. The van der Waals surface area contributed by atoms with Gasteiger partial charge in [-0.1, -0.05) is 80.9 Å². The van der Waals surface area contributed by atoms with Crippen molar-refractivity contribution >= 4 is 17.3 Å². The summed E-state index contributed by atoms with van der Waals surface area (Å²) in [5, 5.41) is 17.4. The normalized spacial score (nSPS) is 12.4. The summed E-state index contributed by atoms with van der Waals surface area (Å²) in [4.78, 5) is 15.2. The zero-order valence-corrected chi connectivity index (χ0v) is 23.7. The molecule has 0 radical (unpaired) electrons. The van der Waals surface area contributed by atoms with Gasteiger partial charge < -0.3 is 10.2 Å². The number of nitrogens with one attached hydrogen (secondary N) is 2. The molecule has 0 saturated carbocycles. The Hall–Kier alpha value is -4.21. The maximum absolute atomic E-state index is 13.3. The molecule has 0 aliphatic rings. The minimum absolute atomic E-state index is 0.165. The van der Waals surface area contributed by atoms with Gasteiger partial charge in [0, 0.05) is 25.1 Å². The van der Waals surface area contributed by atoms with Crippen molar-refractivity contribution in [3.8, 4) is 22.5 Å². The molecule has 1 aromatic heterocycles. The number of carbonyl (C=O) groups excluding carboxylic acids is 1. The number of aromatic nitrogens is 4. The summed E-state index contributed by atoms with van der Waals surface area (Å²) in [5.74, 6) is -0.241. The number of aryl methyl sites for hydroxylation is 1. The van der Waals surface area contributed by atoms with E-state index in [0.717, 1.165) is 27.8 Å². The number of hydrogen-bond acceptors (Lipinski definition) is 5. The number of carbonyl (C=O) groups is 1. The van der Waals surface area contributed by atoms with Crippen molar-refractivity contribution in [2.45, 2.75) is 46.7 Å². The average Bonchev–Trinajstić information content (AvgIpc) is 3.43. The van der Waals surface area contributed by atoms with E-state index in [-0.39, 0.29) is 24.8 Å². The van der Waals surface area contributed by atoms with Crippen LogP contribution in [0.4, 0.5) is 24.5 Å². The van der Waals surface area contributed by atoms with Crippen LogP contribution in [0, 0.1) is 18.8 Å². The van der Waals surface area contributed by atoms with Gasteiger partial charge in [0.1, 0.15) is 0 Å². The van der Waals surface area contributed by atoms with E-state index in [9.17, 15) is 18.0 Å². The Bertz CT molecular complexity index is 1440. The Morgan fingerprint density at radius 2 is 1.68 bits per heavy atom. The second kappa shape index (κ2) is 13.0. The molecule has 10 heteroatoms. The van der Waals surface area contributed by atoms with E-state index in [2.05, 4.69) is 25.9 Å². The van der Waals surface area contributed by atoms with Gasteiger partial charge in [0.2, 0.25) is 11.7 Å². The van der Waals surface area contributed by atoms with E-state index >= 15 is 0 Å². The molecule has 4 aromatic rings. The Morgan fingerprint density at radius 1 is 0.976 bits per heavy atom. The van der Waals surface area contributed by atoms with Crippen molar-refractivity contribution in [2.75, 3.05) is 23.3 Å². The lowest BCUT2D eigenvalue weighted by molar-refractivity contribution is -0.142. The zero-order chi connectivity index (χ0) is 29.6. The minimum atomic E-state index is -4.25. The molecule has 1 unspecified atom stereocenters. The van der Waals surface area contributed by atoms with Crippen LogP contribution in [-0.4, -0.2) is 45.8 Å². The second-order valence-electron chi connectivity index (χ2n) is 10.9. The second-order valence-corrected chi connectivity index (χ2v) is 10.9. The summed E-state index contributed by atoms with van der Waals surface area (Å²) in [7, 11) is 0. The lowest BCUT2D eigenvalue weighted by Crippen LogP contribution is -2.34. The number of nitrogens with zero attached hydrogens (tertiary/aromatic N) is 4. The van der Waals surface area contributed by atoms with Crippen molar-refractivity contribution in [1.82, 2.24) is 20.6 Å². The van der Waals surface area contributed by atoms with Gasteiger partial charge in [0.15, 0.2) is 0 Å². The first-order valence-electron chi connectivity index (χ1n) is 13.6. The van der Waals surface area contributed by atoms with Gasteiger partial charge in [-0.15, -0.1) is 10.2 Å². The third-order valence-corrected chi connectivity index (χ3v) is 6.62. The number of rotatable bonds is 11. The fourth-order valence-electron chi connectivity index (χ4n) is 4.92. The molecule has 0 fully saturated rings. The highest BCUT2D eigenvalue weighted by atomic mass is 19.4. The van der Waals surface area contributed by atoms with Crippen LogP contribution in [0.2, 0.25) is 0 Å². The molecule has 216 valence electrons. The van der Waals surface area contributed by atoms with Crippen LogP contribution < -0.4 is 10.2 Å². The summed E-state index contributed by atoms with van der Waals surface area (Å²) >= 11 is 0. The van der Waals surface area contributed by atoms with Gasteiger partial charge >= 0.3 is 6.18 Å². The molecule has 4 rings (SSSR count). The van der Waals surface area contributed by atoms with E-state index < -0.39 is 18.5 Å². The molecule has 1 heterocycles. The molecule has 2 N–H and O–H groups in total. The summed E-state index contributed by atoms with van der Waals surface area (Å²) in [6.45, 7) is 8.35. The molecule has 1 amide bonds. The summed E-state index contributed by atoms with van der Waals surface area (Å²) in [6, 6.07) is 21.0. The molecule has 0 spiro atoms. The molecule has 0 aliphatic carbocycles. The molecule has 0 aliphatic heterocycles. The molecule has 0 bridgehead atoms. The standard InChI is InChI=1S/C31H35F3N6O/c1-20(2)18-40(19-22(4)17-31(32,33)34)28-14-13-24(25-7-5-6-8-26(25)30-36-38-39-37-30)16-27(28)35-29(41)15-23-11-9-21(3)10-12-23/h5-14,16,20,22H,15,17-19H2,1-4H3,(H,35,41)(H,36,37,38,39). The van der Waals surface area contributed by atoms with Gasteiger partial charge in [-0.05, 0) is 52.8 Å². The molecular weight excluding hydrogens is 529 g/mol. The number of halogens is 3. The van der Waals surface area contributed by atoms with Gasteiger partial charge in [-0.3, -0.25) is 4.79 Å². The Morgan fingerprint density at radius 3 is 2.32 bits per heavy atom. The Kier molecular flexibility index (Phi) is 9.42. The maximum atomic E-state index is 13.3. The van der Waals surface area contributed by atoms with Crippen molar-refractivity contribution in [3.63, 3.8) is 0 Å². The van der Waals surface area contributed by atoms with Gasteiger partial charge in [-0.25, -0.2) is 0 Å². The lowest BCUT2D eigenvalue weighted by atomic mass is 9.97. The Labute approximate surface area is 238 Å². The highest BCUT2D eigenvalue weighted by molar-refractivity contribution is 5.97. The van der Waals surface area contributed by atoms with E-state index in [0.29, 0.717) is 23.7 Å². The van der Waals surface area contributed by atoms with Crippen LogP contribution in [-0.2, 0) is 11.2 Å². The van der Waals surface area contributed by atoms with E-state index in [1.165, 1.54) is 0 Å². The van der Waals surface area contributed by atoms with Crippen LogP contribution in [0.3, 0.4) is 0 Å². The van der Waals surface area contributed by atoms with Crippen LogP contribution >= 0.6 is 0 Å². The quantitative estimate of drug-likeness (QED) is 0.203. The molecule has 1 atom stereocenters. The highest BCUT2D eigenvalue weighted by Crippen LogP contribution is 2.37. The highest BCUT2D eigenvalue weighted by Gasteiger charge is 2.31. The summed E-state index contributed by atoms with van der Waals surface area (Å²) in [5.41, 5.74) is 5.55. The molecule has 3 aromatic carbocycles. The van der Waals surface area contributed by atoms with Crippen molar-refractivity contribution in [3.05, 3.63) is 77.9 Å². The van der Waals surface area contributed by atoms with Gasteiger partial charge in [0.05, 0.1) is 17.8 Å². The largest absolute Gasteiger partial charge is 0.389 e. The topological polar surface area (TPSA) is 86.8 Å². The first kappa shape index (κ1) is 29.8. The predicted molar refractivity (Wildman–Crippen MR) is 155 cm³/mol. The number of aromatic amines is 1. The molecular formula is C31H35F3N6O. The third kappa shape index (κ3) is 8.39. The number of amides is 1. The number of H-pyrrole nitrogens is 1. The fraction of sp³-hybridized carbons (Fsp3) is 0.355. The fourth-order valence-corrected chi connectivity index (χ4v) is 4.92. The Balaban J connectivity index is 1.74. The van der Waals surface area contributed by atoms with E-state index in [4.69, 9.17) is 0 Å². The van der Waals surface area contributed by atoms with Crippen LogP contribution in [0.1, 0.15) is 38.3 Å². The monoisotopic (exact) mass is 564 g/mol. The smallest absolute Gasteiger partial charge is 0.369 e. The van der Waals surface area contributed by atoms with Crippen LogP contribution in [0.25, 0.3) is 22.5 Å². The number of tetrazole rings is 1. The lowest BCUT2D eigenvalue weighted by Gasteiger charge is -2.32. The van der Waals surface area contributed by atoms with Crippen LogP contribution in [0.5, 0.6) is 0 Å². The molecule has 41 heavy (non-hydrogen) atoms. The van der Waals surface area contributed by atoms with Crippen LogP contribution in [0.15, 0.2) is 66.7 Å². The first-order valence-corrected chi connectivity index (χ1v) is 13.6. The molecule has 7 nitrogen and oxygen atoms in total. The minimum Gasteiger partial charge on any atom is -0.369 e. The van der Waals surface area contributed by atoms with Gasteiger partial charge in [-0.2, -0.15) is 18.4 Å². The first-order chi connectivity index (χ1) is 19.5. The van der Waals surface area contributed by atoms with E-state index in [1.807, 2.05) is 92.4 Å². The number of benzene rings is 3. The third-order valence-electron chi connectivity index (χ3n) is 6.62. The van der Waals surface area contributed by atoms with E-state index in [1.54, 1.807) is 6.92 Å². The van der Waals surface area contributed by atoms with Gasteiger partial charge in [0.25, 0.3) is 0 Å². The SMILES string of the molecule is Cc1ccc(CC(=O)Nc2cc(-c3ccccc3-c3nn[nH]n3)ccc2N(CC(C)C)CC(C)CC(F)(F)F)cc1. The number of hydrogen-bond donors (Lipinski definition) is 2.